The van der Waals surface area contributed by atoms with E-state index in [2.05, 4.69) is 0 Å². The third kappa shape index (κ3) is 1.94. The maximum Gasteiger partial charge on any atom is 0.340 e. The van der Waals surface area contributed by atoms with Crippen LogP contribution in [0.25, 0.3) is 0 Å². The van der Waals surface area contributed by atoms with E-state index in [0.717, 1.165) is 5.56 Å². The quantitative estimate of drug-likeness (QED) is 0.583. The Labute approximate surface area is 88.0 Å². The van der Waals surface area contributed by atoms with Gasteiger partial charge >= 0.3 is 5.97 Å². The Morgan fingerprint density at radius 1 is 1.53 bits per heavy atom. The van der Waals surface area contributed by atoms with Crippen LogP contribution < -0.4 is 5.73 Å². The Morgan fingerprint density at radius 3 is 2.87 bits per heavy atom. The lowest BCUT2D eigenvalue weighted by Gasteiger charge is -2.25. The zero-order valence-electron chi connectivity index (χ0n) is 8.53. The van der Waals surface area contributed by atoms with Crippen molar-refractivity contribution >= 4 is 11.7 Å². The zero-order valence-corrected chi connectivity index (χ0v) is 8.53. The Bertz CT molecular complexity index is 385. The van der Waals surface area contributed by atoms with E-state index in [-0.39, 0.29) is 12.1 Å². The Kier molecular flexibility index (Phi) is 2.60. The van der Waals surface area contributed by atoms with E-state index < -0.39 is 0 Å². The van der Waals surface area contributed by atoms with Gasteiger partial charge in [0.15, 0.2) is 0 Å². The Balaban J connectivity index is 2.13. The largest absolute Gasteiger partial charge is 0.454 e. The monoisotopic (exact) mass is 207 g/mol. The van der Waals surface area contributed by atoms with Crippen molar-refractivity contribution in [1.29, 1.82) is 0 Å². The highest BCUT2D eigenvalue weighted by molar-refractivity contribution is 5.95. The minimum Gasteiger partial charge on any atom is -0.454 e. The number of rotatable bonds is 2. The van der Waals surface area contributed by atoms with Gasteiger partial charge in [-0.1, -0.05) is 12.1 Å². The zero-order chi connectivity index (χ0) is 10.8. The molecule has 4 nitrogen and oxygen atoms in total. The third-order valence-electron chi connectivity index (χ3n) is 2.43. The number of nitrogen functional groups attached to an aromatic ring is 1. The van der Waals surface area contributed by atoms with Crippen LogP contribution in [0.2, 0.25) is 0 Å². The van der Waals surface area contributed by atoms with Gasteiger partial charge in [0.1, 0.15) is 6.10 Å². The second-order valence-corrected chi connectivity index (χ2v) is 3.60. The van der Waals surface area contributed by atoms with Gasteiger partial charge in [-0.25, -0.2) is 4.79 Å². The molecule has 1 aromatic rings. The van der Waals surface area contributed by atoms with Gasteiger partial charge in [0.2, 0.25) is 0 Å². The lowest BCUT2D eigenvalue weighted by molar-refractivity contribution is -0.103. The number of hydrogen-bond acceptors (Lipinski definition) is 4. The first-order chi connectivity index (χ1) is 7.18. The predicted octanol–water partition coefficient (Wildman–Crippen LogP) is 1.13. The fourth-order valence-electron chi connectivity index (χ4n) is 1.36. The normalized spacial score (nSPS) is 15.8. The van der Waals surface area contributed by atoms with Gasteiger partial charge in [-0.3, -0.25) is 0 Å². The molecule has 1 heterocycles. The summed E-state index contributed by atoms with van der Waals surface area (Å²) in [7, 11) is 0. The standard InChI is InChI=1S/C11H13NO3/c1-7-3-2-4-9(10(7)12)11(13)15-8-5-14-6-8/h2-4,8H,5-6,12H2,1H3. The van der Waals surface area contributed by atoms with Crippen LogP contribution in [0.3, 0.4) is 0 Å². The van der Waals surface area contributed by atoms with Crippen molar-refractivity contribution < 1.29 is 14.3 Å². The molecule has 2 rings (SSSR count). The lowest BCUT2D eigenvalue weighted by atomic mass is 10.1. The summed E-state index contributed by atoms with van der Waals surface area (Å²) < 4.78 is 10.1. The van der Waals surface area contributed by atoms with Crippen LogP contribution in [0.15, 0.2) is 18.2 Å². The predicted molar refractivity (Wildman–Crippen MR) is 55.6 cm³/mol. The SMILES string of the molecule is Cc1cccc(C(=O)OC2COC2)c1N. The van der Waals surface area contributed by atoms with Crippen molar-refractivity contribution in [1.82, 2.24) is 0 Å². The Morgan fingerprint density at radius 2 is 2.27 bits per heavy atom. The molecular formula is C11H13NO3. The molecular weight excluding hydrogens is 194 g/mol. The second kappa shape index (κ2) is 3.90. The first-order valence-electron chi connectivity index (χ1n) is 4.82. The summed E-state index contributed by atoms with van der Waals surface area (Å²) in [6.45, 7) is 2.83. The number of benzene rings is 1. The topological polar surface area (TPSA) is 61.5 Å². The van der Waals surface area contributed by atoms with Gasteiger partial charge in [-0.2, -0.15) is 0 Å². The van der Waals surface area contributed by atoms with Crippen molar-refractivity contribution in [3.63, 3.8) is 0 Å². The van der Waals surface area contributed by atoms with E-state index in [4.69, 9.17) is 15.2 Å². The molecule has 1 aliphatic rings. The summed E-state index contributed by atoms with van der Waals surface area (Å²) in [5.74, 6) is -0.371. The Hall–Kier alpha value is -1.55. The molecule has 0 saturated carbocycles. The number of aryl methyl sites for hydroxylation is 1. The van der Waals surface area contributed by atoms with Crippen LogP contribution in [0.5, 0.6) is 0 Å². The fourth-order valence-corrected chi connectivity index (χ4v) is 1.36. The van der Waals surface area contributed by atoms with Crippen molar-refractivity contribution in [3.8, 4) is 0 Å². The fraction of sp³-hybridized carbons (Fsp3) is 0.364. The van der Waals surface area contributed by atoms with Crippen molar-refractivity contribution in [2.45, 2.75) is 13.0 Å². The highest BCUT2D eigenvalue weighted by atomic mass is 16.6. The van der Waals surface area contributed by atoms with E-state index in [1.165, 1.54) is 0 Å². The molecule has 4 heteroatoms. The van der Waals surface area contributed by atoms with Gasteiger partial charge in [-0.05, 0) is 18.6 Å². The molecule has 0 spiro atoms. The molecule has 80 valence electrons. The van der Waals surface area contributed by atoms with E-state index >= 15 is 0 Å². The van der Waals surface area contributed by atoms with Gasteiger partial charge in [0.25, 0.3) is 0 Å². The molecule has 0 amide bonds. The van der Waals surface area contributed by atoms with E-state index in [9.17, 15) is 4.79 Å². The van der Waals surface area contributed by atoms with Crippen LogP contribution in [0.4, 0.5) is 5.69 Å². The molecule has 0 atom stereocenters. The van der Waals surface area contributed by atoms with Crippen molar-refractivity contribution in [2.75, 3.05) is 18.9 Å². The number of para-hydroxylation sites is 1. The molecule has 0 bridgehead atoms. The molecule has 15 heavy (non-hydrogen) atoms. The van der Waals surface area contributed by atoms with Crippen LogP contribution in [0, 0.1) is 6.92 Å². The highest BCUT2D eigenvalue weighted by Gasteiger charge is 2.24. The molecule has 2 N–H and O–H groups in total. The highest BCUT2D eigenvalue weighted by Crippen LogP contribution is 2.19. The van der Waals surface area contributed by atoms with Gasteiger partial charge in [-0.15, -0.1) is 0 Å². The minimum absolute atomic E-state index is 0.114. The molecule has 0 aromatic heterocycles. The summed E-state index contributed by atoms with van der Waals surface area (Å²) >= 11 is 0. The van der Waals surface area contributed by atoms with Crippen LogP contribution >= 0.6 is 0 Å². The molecule has 0 radical (unpaired) electrons. The number of carbonyl (C=O) groups is 1. The first-order valence-corrected chi connectivity index (χ1v) is 4.82. The van der Waals surface area contributed by atoms with Gasteiger partial charge in [0.05, 0.1) is 18.8 Å². The summed E-state index contributed by atoms with van der Waals surface area (Å²) in [6.07, 6.45) is -0.114. The van der Waals surface area contributed by atoms with Gasteiger partial charge < -0.3 is 15.2 Å². The molecule has 0 aliphatic carbocycles. The van der Waals surface area contributed by atoms with Crippen molar-refractivity contribution in [3.05, 3.63) is 29.3 Å². The molecule has 1 fully saturated rings. The number of nitrogens with two attached hydrogens (primary N) is 1. The summed E-state index contributed by atoms with van der Waals surface area (Å²) in [4.78, 5) is 11.7. The lowest BCUT2D eigenvalue weighted by Crippen LogP contribution is -2.37. The summed E-state index contributed by atoms with van der Waals surface area (Å²) in [5, 5.41) is 0. The maximum atomic E-state index is 11.7. The van der Waals surface area contributed by atoms with E-state index in [0.29, 0.717) is 24.5 Å². The van der Waals surface area contributed by atoms with E-state index in [1.54, 1.807) is 12.1 Å². The number of esters is 1. The number of carbonyl (C=O) groups excluding carboxylic acids is 1. The molecule has 1 aromatic carbocycles. The minimum atomic E-state index is -0.371. The third-order valence-corrected chi connectivity index (χ3v) is 2.43. The van der Waals surface area contributed by atoms with Crippen LogP contribution in [-0.2, 0) is 9.47 Å². The number of anilines is 1. The van der Waals surface area contributed by atoms with Crippen LogP contribution in [-0.4, -0.2) is 25.3 Å². The molecule has 0 unspecified atom stereocenters. The van der Waals surface area contributed by atoms with Gasteiger partial charge in [0, 0.05) is 5.69 Å². The average molecular weight is 207 g/mol. The molecule has 1 saturated heterocycles. The van der Waals surface area contributed by atoms with Crippen molar-refractivity contribution in [2.24, 2.45) is 0 Å². The maximum absolute atomic E-state index is 11.7. The smallest absolute Gasteiger partial charge is 0.340 e. The first kappa shape index (κ1) is 9.98. The molecule has 1 aliphatic heterocycles. The number of hydrogen-bond donors (Lipinski definition) is 1. The number of ether oxygens (including phenoxy) is 2. The van der Waals surface area contributed by atoms with E-state index in [1.807, 2.05) is 13.0 Å². The summed E-state index contributed by atoms with van der Waals surface area (Å²) in [6, 6.07) is 5.32. The second-order valence-electron chi connectivity index (χ2n) is 3.60. The average Bonchev–Trinajstić information content (AvgIpc) is 2.15. The summed E-state index contributed by atoms with van der Waals surface area (Å²) in [5.41, 5.74) is 7.59. The van der Waals surface area contributed by atoms with Crippen LogP contribution in [0.1, 0.15) is 15.9 Å².